The normalized spacial score (nSPS) is 20.2. The Balaban J connectivity index is 2.33. The van der Waals surface area contributed by atoms with Crippen molar-refractivity contribution in [1.82, 2.24) is 5.32 Å². The van der Waals surface area contributed by atoms with Crippen molar-refractivity contribution in [3.63, 3.8) is 0 Å². The quantitative estimate of drug-likeness (QED) is 0.626. The van der Waals surface area contributed by atoms with Crippen molar-refractivity contribution in [2.75, 3.05) is 7.05 Å². The number of nitrogens with two attached hydrogens (primary N) is 1. The molecule has 4 nitrogen and oxygen atoms in total. The molecule has 1 fully saturated rings. The molecule has 1 aliphatic rings. The average molecular weight is 254 g/mol. The predicted octanol–water partition coefficient (Wildman–Crippen LogP) is 1.34. The van der Waals surface area contributed by atoms with Crippen LogP contribution in [0.3, 0.4) is 0 Å². The van der Waals surface area contributed by atoms with Crippen molar-refractivity contribution in [3.8, 4) is 0 Å². The van der Waals surface area contributed by atoms with Gasteiger partial charge in [0, 0.05) is 25.1 Å². The zero-order valence-corrected chi connectivity index (χ0v) is 11.3. The molecular formula is C14H26N2O2. The van der Waals surface area contributed by atoms with Crippen molar-refractivity contribution < 1.29 is 9.90 Å². The molecule has 1 saturated carbocycles. The fourth-order valence-corrected chi connectivity index (χ4v) is 2.64. The van der Waals surface area contributed by atoms with Gasteiger partial charge in [-0.05, 0) is 12.3 Å². The van der Waals surface area contributed by atoms with E-state index in [1.165, 1.54) is 32.1 Å². The minimum atomic E-state index is -0.670. The Labute approximate surface area is 110 Å². The number of hydrogen-bond acceptors (Lipinski definition) is 3. The van der Waals surface area contributed by atoms with Crippen LogP contribution in [-0.4, -0.2) is 30.2 Å². The van der Waals surface area contributed by atoms with E-state index in [4.69, 9.17) is 5.73 Å². The molecule has 0 aromatic heterocycles. The molecule has 1 amide bonds. The zero-order valence-electron chi connectivity index (χ0n) is 11.3. The first-order valence-electron chi connectivity index (χ1n) is 6.88. The summed E-state index contributed by atoms with van der Waals surface area (Å²) in [7, 11) is 1.56. The van der Waals surface area contributed by atoms with Gasteiger partial charge in [0.15, 0.2) is 0 Å². The lowest BCUT2D eigenvalue weighted by Gasteiger charge is -2.27. The van der Waals surface area contributed by atoms with E-state index in [1.54, 1.807) is 7.05 Å². The third kappa shape index (κ3) is 4.78. The van der Waals surface area contributed by atoms with Crippen LogP contribution in [-0.2, 0) is 4.79 Å². The van der Waals surface area contributed by atoms with Gasteiger partial charge in [-0.1, -0.05) is 38.7 Å². The Morgan fingerprint density at radius 2 is 2.06 bits per heavy atom. The second-order valence-corrected chi connectivity index (χ2v) is 5.36. The Bertz CT molecular complexity index is 286. The fraction of sp³-hybridized carbons (Fsp3) is 0.786. The predicted molar refractivity (Wildman–Crippen MR) is 73.0 cm³/mol. The van der Waals surface area contributed by atoms with Gasteiger partial charge in [0.2, 0.25) is 5.91 Å². The summed E-state index contributed by atoms with van der Waals surface area (Å²) in [5, 5.41) is 12.5. The monoisotopic (exact) mass is 254 g/mol. The number of hydrogen-bond donors (Lipinski definition) is 3. The van der Waals surface area contributed by atoms with Gasteiger partial charge >= 0.3 is 0 Å². The van der Waals surface area contributed by atoms with Crippen molar-refractivity contribution >= 4 is 5.91 Å². The van der Waals surface area contributed by atoms with Gasteiger partial charge in [-0.25, -0.2) is 0 Å². The van der Waals surface area contributed by atoms with E-state index in [2.05, 4.69) is 11.9 Å². The summed E-state index contributed by atoms with van der Waals surface area (Å²) in [4.78, 5) is 11.3. The Morgan fingerprint density at radius 3 is 2.61 bits per heavy atom. The molecule has 0 radical (unpaired) electrons. The standard InChI is InChI=1S/C14H26N2O2/c1-10(14(18)16-2)8-13(17)12(15)9-11-6-4-3-5-7-11/h11-13,17H,1,3-9,15H2,2H3,(H,16,18)/t12-,13-/m0/s1. The summed E-state index contributed by atoms with van der Waals surface area (Å²) < 4.78 is 0. The number of amides is 1. The molecule has 18 heavy (non-hydrogen) atoms. The summed E-state index contributed by atoms with van der Waals surface area (Å²) >= 11 is 0. The van der Waals surface area contributed by atoms with Gasteiger partial charge in [-0.15, -0.1) is 0 Å². The fourth-order valence-electron chi connectivity index (χ4n) is 2.64. The van der Waals surface area contributed by atoms with Crippen molar-refractivity contribution in [2.24, 2.45) is 11.7 Å². The van der Waals surface area contributed by atoms with Crippen LogP contribution in [0.1, 0.15) is 44.9 Å². The lowest BCUT2D eigenvalue weighted by Crippen LogP contribution is -2.38. The first-order chi connectivity index (χ1) is 8.54. The molecule has 4 N–H and O–H groups in total. The first-order valence-corrected chi connectivity index (χ1v) is 6.88. The van der Waals surface area contributed by atoms with Gasteiger partial charge < -0.3 is 16.2 Å². The minimum absolute atomic E-state index is 0.223. The molecule has 0 aliphatic heterocycles. The summed E-state index contributed by atoms with van der Waals surface area (Å²) in [5.41, 5.74) is 6.41. The van der Waals surface area contributed by atoms with E-state index in [-0.39, 0.29) is 18.4 Å². The molecular weight excluding hydrogens is 228 g/mol. The number of rotatable bonds is 6. The van der Waals surface area contributed by atoms with Gasteiger partial charge in [0.1, 0.15) is 0 Å². The topological polar surface area (TPSA) is 75.3 Å². The van der Waals surface area contributed by atoms with Gasteiger partial charge in [-0.3, -0.25) is 4.79 Å². The molecule has 1 aliphatic carbocycles. The minimum Gasteiger partial charge on any atom is -0.391 e. The molecule has 0 heterocycles. The van der Waals surface area contributed by atoms with Crippen LogP contribution < -0.4 is 11.1 Å². The van der Waals surface area contributed by atoms with Crippen molar-refractivity contribution in [2.45, 2.75) is 57.1 Å². The molecule has 0 spiro atoms. The number of carbonyl (C=O) groups is 1. The van der Waals surface area contributed by atoms with E-state index in [0.29, 0.717) is 11.5 Å². The van der Waals surface area contributed by atoms with Crippen LogP contribution in [0, 0.1) is 5.92 Å². The van der Waals surface area contributed by atoms with E-state index in [0.717, 1.165) is 6.42 Å². The third-order valence-corrected chi connectivity index (χ3v) is 3.83. The molecule has 4 heteroatoms. The molecule has 0 aromatic carbocycles. The van der Waals surface area contributed by atoms with Gasteiger partial charge in [0.05, 0.1) is 6.10 Å². The highest BCUT2D eigenvalue weighted by atomic mass is 16.3. The number of aliphatic hydroxyl groups excluding tert-OH is 1. The van der Waals surface area contributed by atoms with Gasteiger partial charge in [0.25, 0.3) is 0 Å². The summed E-state index contributed by atoms with van der Waals surface area (Å²) in [6, 6.07) is -0.255. The third-order valence-electron chi connectivity index (χ3n) is 3.83. The van der Waals surface area contributed by atoms with E-state index < -0.39 is 6.10 Å². The van der Waals surface area contributed by atoms with Gasteiger partial charge in [-0.2, -0.15) is 0 Å². The number of carbonyl (C=O) groups excluding carboxylic acids is 1. The molecule has 0 saturated heterocycles. The van der Waals surface area contributed by atoms with Crippen molar-refractivity contribution in [1.29, 1.82) is 0 Å². The molecule has 1 rings (SSSR count). The van der Waals surface area contributed by atoms with Crippen LogP contribution in [0.15, 0.2) is 12.2 Å². The second kappa shape index (κ2) is 7.54. The number of nitrogens with one attached hydrogen (secondary N) is 1. The SMILES string of the molecule is C=C(C[C@H](O)[C@@H](N)CC1CCCCC1)C(=O)NC. The molecule has 2 atom stereocenters. The van der Waals surface area contributed by atoms with Crippen LogP contribution in [0.25, 0.3) is 0 Å². The maximum absolute atomic E-state index is 11.3. The zero-order chi connectivity index (χ0) is 13.5. The Morgan fingerprint density at radius 1 is 1.44 bits per heavy atom. The highest BCUT2D eigenvalue weighted by molar-refractivity contribution is 5.92. The largest absolute Gasteiger partial charge is 0.391 e. The molecule has 0 unspecified atom stereocenters. The van der Waals surface area contributed by atoms with Crippen LogP contribution >= 0.6 is 0 Å². The van der Waals surface area contributed by atoms with E-state index in [1.807, 2.05) is 0 Å². The second-order valence-electron chi connectivity index (χ2n) is 5.36. The lowest BCUT2D eigenvalue weighted by atomic mass is 9.83. The smallest absolute Gasteiger partial charge is 0.246 e. The summed E-state index contributed by atoms with van der Waals surface area (Å²) in [6.45, 7) is 3.67. The van der Waals surface area contributed by atoms with E-state index >= 15 is 0 Å². The number of aliphatic hydroxyl groups is 1. The van der Waals surface area contributed by atoms with Crippen LogP contribution in [0.5, 0.6) is 0 Å². The van der Waals surface area contributed by atoms with Crippen LogP contribution in [0.2, 0.25) is 0 Å². The Hall–Kier alpha value is -0.870. The first kappa shape index (κ1) is 15.2. The Kier molecular flexibility index (Phi) is 6.36. The highest BCUT2D eigenvalue weighted by Gasteiger charge is 2.23. The van der Waals surface area contributed by atoms with Crippen molar-refractivity contribution in [3.05, 3.63) is 12.2 Å². The van der Waals surface area contributed by atoms with Crippen LogP contribution in [0.4, 0.5) is 0 Å². The molecule has 104 valence electrons. The summed E-state index contributed by atoms with van der Waals surface area (Å²) in [6.07, 6.45) is 6.75. The maximum atomic E-state index is 11.3. The highest BCUT2D eigenvalue weighted by Crippen LogP contribution is 2.28. The summed E-state index contributed by atoms with van der Waals surface area (Å²) in [5.74, 6) is 0.413. The maximum Gasteiger partial charge on any atom is 0.246 e. The molecule has 0 aromatic rings. The number of likely N-dealkylation sites (N-methyl/N-ethyl adjacent to an activating group) is 1. The molecule has 0 bridgehead atoms. The van der Waals surface area contributed by atoms with E-state index in [9.17, 15) is 9.90 Å². The average Bonchev–Trinajstić information content (AvgIpc) is 2.38. The lowest BCUT2D eigenvalue weighted by molar-refractivity contribution is -0.117.